The quantitative estimate of drug-likeness (QED) is 0.444. The van der Waals surface area contributed by atoms with Crippen molar-refractivity contribution < 1.29 is 13.5 Å². The van der Waals surface area contributed by atoms with Gasteiger partial charge in [-0.3, -0.25) is 0 Å². The summed E-state index contributed by atoms with van der Waals surface area (Å²) in [6, 6.07) is 4.88. The summed E-state index contributed by atoms with van der Waals surface area (Å²) in [4.78, 5) is 11.0. The Morgan fingerprint density at radius 1 is 1.24 bits per heavy atom. The smallest absolute Gasteiger partial charge is 0.226 e. The number of aromatic nitrogens is 2. The second-order valence-electron chi connectivity index (χ2n) is 8.71. The van der Waals surface area contributed by atoms with Crippen molar-refractivity contribution in [1.82, 2.24) is 9.97 Å². The zero-order chi connectivity index (χ0) is 23.7. The van der Waals surface area contributed by atoms with Crippen molar-refractivity contribution >= 4 is 43.3 Å². The number of hydrogen-bond donors (Lipinski definition) is 2. The molecule has 1 fully saturated rings. The molecule has 0 spiro atoms. The summed E-state index contributed by atoms with van der Waals surface area (Å²) in [5.41, 5.74) is 13.8. The largest absolute Gasteiger partial charge is 0.389 e. The van der Waals surface area contributed by atoms with Crippen molar-refractivity contribution in [2.24, 2.45) is 5.73 Å². The minimum Gasteiger partial charge on any atom is -0.389 e. The molecule has 4 N–H and O–H groups in total. The van der Waals surface area contributed by atoms with Gasteiger partial charge in [-0.2, -0.15) is 5.26 Å². The summed E-state index contributed by atoms with van der Waals surface area (Å²) >= 11 is 1.17. The van der Waals surface area contributed by atoms with Gasteiger partial charge >= 0.3 is 0 Å². The SMILES string of the molecule is C[C@H]1[C@@H](N)CCN1c1ncc2c3c(c(-c4c(F)ccc5sc(N)c(C#N)c45)c(F)c2n1)COC3. The third-order valence-corrected chi connectivity index (χ3v) is 7.94. The molecule has 10 heteroatoms. The van der Waals surface area contributed by atoms with E-state index in [1.54, 1.807) is 12.3 Å². The summed E-state index contributed by atoms with van der Waals surface area (Å²) in [6.07, 6.45) is 2.40. The number of ether oxygens (including phenoxy) is 1. The summed E-state index contributed by atoms with van der Waals surface area (Å²) in [5.74, 6) is -0.922. The van der Waals surface area contributed by atoms with Crippen LogP contribution in [0.25, 0.3) is 32.1 Å². The van der Waals surface area contributed by atoms with Gasteiger partial charge in [0.2, 0.25) is 5.95 Å². The van der Waals surface area contributed by atoms with Crippen LogP contribution in [0.15, 0.2) is 18.3 Å². The number of fused-ring (bicyclic) bond motifs is 4. The van der Waals surface area contributed by atoms with Crippen LogP contribution >= 0.6 is 11.3 Å². The van der Waals surface area contributed by atoms with Gasteiger partial charge in [0.05, 0.1) is 18.8 Å². The van der Waals surface area contributed by atoms with Crippen molar-refractivity contribution in [2.45, 2.75) is 38.6 Å². The van der Waals surface area contributed by atoms with E-state index in [0.717, 1.165) is 12.0 Å². The van der Waals surface area contributed by atoms with E-state index >= 15 is 8.78 Å². The zero-order valence-corrected chi connectivity index (χ0v) is 19.0. The van der Waals surface area contributed by atoms with Gasteiger partial charge in [-0.15, -0.1) is 11.3 Å². The fraction of sp³-hybridized carbons (Fsp3) is 0.292. The van der Waals surface area contributed by atoms with Crippen LogP contribution in [-0.2, 0) is 18.0 Å². The number of nitriles is 1. The maximum Gasteiger partial charge on any atom is 0.226 e. The second-order valence-corrected chi connectivity index (χ2v) is 9.79. The van der Waals surface area contributed by atoms with Gasteiger partial charge in [-0.25, -0.2) is 18.7 Å². The van der Waals surface area contributed by atoms with Crippen LogP contribution in [0.4, 0.5) is 19.7 Å². The number of nitrogens with two attached hydrogens (primary N) is 2. The molecule has 2 aromatic carbocycles. The van der Waals surface area contributed by atoms with Gasteiger partial charge in [0.25, 0.3) is 0 Å². The molecule has 0 bridgehead atoms. The van der Waals surface area contributed by atoms with Crippen LogP contribution in [-0.4, -0.2) is 28.6 Å². The van der Waals surface area contributed by atoms with Gasteiger partial charge in [-0.1, -0.05) is 0 Å². The first-order chi connectivity index (χ1) is 16.4. The molecule has 4 aromatic rings. The molecule has 0 radical (unpaired) electrons. The Morgan fingerprint density at radius 2 is 2.03 bits per heavy atom. The van der Waals surface area contributed by atoms with Gasteiger partial charge in [0.1, 0.15) is 22.4 Å². The molecule has 2 aliphatic rings. The minimum atomic E-state index is -0.667. The van der Waals surface area contributed by atoms with Gasteiger partial charge < -0.3 is 21.1 Å². The molecule has 6 rings (SSSR count). The number of nitrogens with zero attached hydrogens (tertiary/aromatic N) is 4. The molecular formula is C24H20F2N6OS. The predicted octanol–water partition coefficient (Wildman–Crippen LogP) is 4.20. The Balaban J connectivity index is 1.68. The molecule has 2 aliphatic heterocycles. The zero-order valence-electron chi connectivity index (χ0n) is 18.2. The maximum absolute atomic E-state index is 16.3. The van der Waals surface area contributed by atoms with Crippen LogP contribution in [0.3, 0.4) is 0 Å². The molecule has 2 aromatic heterocycles. The average Bonchev–Trinajstić information content (AvgIpc) is 3.52. The Labute approximate surface area is 197 Å². The van der Waals surface area contributed by atoms with E-state index in [1.165, 1.54) is 17.4 Å². The molecule has 2 atom stereocenters. The summed E-state index contributed by atoms with van der Waals surface area (Å²) in [5, 5.41) is 10.8. The summed E-state index contributed by atoms with van der Waals surface area (Å²) in [7, 11) is 0. The van der Waals surface area contributed by atoms with Gasteiger partial charge in [-0.05, 0) is 36.6 Å². The monoisotopic (exact) mass is 478 g/mol. The predicted molar refractivity (Wildman–Crippen MR) is 127 cm³/mol. The topological polar surface area (TPSA) is 114 Å². The highest BCUT2D eigenvalue weighted by atomic mass is 32.1. The highest BCUT2D eigenvalue weighted by Crippen LogP contribution is 2.46. The lowest BCUT2D eigenvalue weighted by Gasteiger charge is -2.23. The fourth-order valence-electron chi connectivity index (χ4n) is 5.09. The fourth-order valence-corrected chi connectivity index (χ4v) is 6.02. The van der Waals surface area contributed by atoms with Crippen molar-refractivity contribution in [1.29, 1.82) is 5.26 Å². The number of halogens is 2. The van der Waals surface area contributed by atoms with Crippen LogP contribution in [0.1, 0.15) is 30.0 Å². The third-order valence-electron chi connectivity index (χ3n) is 6.95. The van der Waals surface area contributed by atoms with Gasteiger partial charge in [0.15, 0.2) is 5.82 Å². The number of benzene rings is 2. The van der Waals surface area contributed by atoms with E-state index in [2.05, 4.69) is 16.0 Å². The Bertz CT molecular complexity index is 1550. The van der Waals surface area contributed by atoms with Gasteiger partial charge in [0, 0.05) is 51.4 Å². The second kappa shape index (κ2) is 7.56. The van der Waals surface area contributed by atoms with Crippen molar-refractivity contribution in [3.05, 3.63) is 46.7 Å². The van der Waals surface area contributed by atoms with E-state index in [4.69, 9.17) is 16.2 Å². The van der Waals surface area contributed by atoms with E-state index in [0.29, 0.717) is 33.5 Å². The normalized spacial score (nSPS) is 19.8. The lowest BCUT2D eigenvalue weighted by atomic mass is 9.90. The van der Waals surface area contributed by atoms with Crippen molar-refractivity contribution in [3.63, 3.8) is 0 Å². The summed E-state index contributed by atoms with van der Waals surface area (Å²) in [6.45, 7) is 3.02. The average molecular weight is 479 g/mol. The molecule has 34 heavy (non-hydrogen) atoms. The lowest BCUT2D eigenvalue weighted by molar-refractivity contribution is 0.135. The van der Waals surface area contributed by atoms with Crippen molar-refractivity contribution in [3.8, 4) is 17.2 Å². The molecule has 1 saturated heterocycles. The maximum atomic E-state index is 16.3. The molecule has 0 saturated carbocycles. The van der Waals surface area contributed by atoms with Crippen LogP contribution < -0.4 is 16.4 Å². The van der Waals surface area contributed by atoms with E-state index in [9.17, 15) is 5.26 Å². The molecule has 7 nitrogen and oxygen atoms in total. The number of rotatable bonds is 2. The third kappa shape index (κ3) is 2.84. The highest BCUT2D eigenvalue weighted by molar-refractivity contribution is 7.23. The van der Waals surface area contributed by atoms with Crippen LogP contribution in [0, 0.1) is 23.0 Å². The number of nitrogen functional groups attached to an aromatic ring is 1. The van der Waals surface area contributed by atoms with E-state index in [-0.39, 0.29) is 52.5 Å². The minimum absolute atomic E-state index is 0.0101. The molecule has 0 amide bonds. The molecule has 4 heterocycles. The molecule has 0 aliphatic carbocycles. The Morgan fingerprint density at radius 3 is 2.76 bits per heavy atom. The summed E-state index contributed by atoms with van der Waals surface area (Å²) < 4.78 is 38.0. The van der Waals surface area contributed by atoms with Crippen molar-refractivity contribution in [2.75, 3.05) is 17.2 Å². The van der Waals surface area contributed by atoms with Crippen LogP contribution in [0.2, 0.25) is 0 Å². The number of hydrogen-bond acceptors (Lipinski definition) is 8. The standard InChI is InChI=1S/C24H20F2N6OS/c1-10-16(28)4-5-32(10)24-30-7-12-13-8-33-9-14(13)19(21(26)22(12)31-24)20-15(25)2-3-17-18(20)11(6-27)23(29)34-17/h2-3,7,10,16H,4-5,8-9,28-29H2,1H3/t10-,16-/m0/s1. The lowest BCUT2D eigenvalue weighted by Crippen LogP contribution is -2.37. The first-order valence-corrected chi connectivity index (χ1v) is 11.7. The van der Waals surface area contributed by atoms with E-state index in [1.807, 2.05) is 11.8 Å². The first kappa shape index (κ1) is 21.2. The molecular weight excluding hydrogens is 458 g/mol. The van der Waals surface area contributed by atoms with E-state index < -0.39 is 11.6 Å². The Kier molecular flexibility index (Phi) is 4.71. The number of thiophene rings is 1. The highest BCUT2D eigenvalue weighted by Gasteiger charge is 2.33. The first-order valence-electron chi connectivity index (χ1n) is 10.9. The molecule has 172 valence electrons. The molecule has 0 unspecified atom stereocenters. The van der Waals surface area contributed by atoms with Crippen LogP contribution in [0.5, 0.6) is 0 Å². The Hall–Kier alpha value is -3.39. The number of anilines is 2.